The van der Waals surface area contributed by atoms with Gasteiger partial charge in [0.15, 0.2) is 0 Å². The lowest BCUT2D eigenvalue weighted by molar-refractivity contribution is 0.0694. The predicted octanol–water partition coefficient (Wildman–Crippen LogP) is 0.367. The maximum Gasteiger partial charge on any atom is 0.251 e. The number of benzene rings is 1. The first kappa shape index (κ1) is 13.2. The largest absolute Gasteiger partial charge is 0.389 e. The number of H-pyrrole nitrogens is 1. The lowest BCUT2D eigenvalue weighted by atomic mass is 10.1. The molecule has 0 aliphatic rings. The van der Waals surface area contributed by atoms with Gasteiger partial charge in [-0.05, 0) is 31.2 Å². The summed E-state index contributed by atoms with van der Waals surface area (Å²) in [6.07, 6.45) is 0. The summed E-state index contributed by atoms with van der Waals surface area (Å²) in [5.74, 6) is 0.171. The van der Waals surface area contributed by atoms with Crippen LogP contribution in [0.1, 0.15) is 24.2 Å². The van der Waals surface area contributed by atoms with Crippen LogP contribution in [-0.4, -0.2) is 43.8 Å². The van der Waals surface area contributed by atoms with Crippen LogP contribution in [0.25, 0.3) is 11.4 Å². The quantitative estimate of drug-likeness (QED) is 0.737. The number of carbonyl (C=O) groups excluding carboxylic acids is 1. The van der Waals surface area contributed by atoms with Crippen LogP contribution in [0, 0.1) is 0 Å². The van der Waals surface area contributed by atoms with Crippen LogP contribution in [-0.2, 0) is 0 Å². The number of hydrogen-bond donors (Lipinski definition) is 3. The minimum absolute atomic E-state index is 0.179. The highest BCUT2D eigenvalue weighted by Gasteiger charge is 2.15. The molecule has 0 spiro atoms. The Kier molecular flexibility index (Phi) is 3.57. The van der Waals surface area contributed by atoms with Crippen molar-refractivity contribution in [2.24, 2.45) is 0 Å². The lowest BCUT2D eigenvalue weighted by Gasteiger charge is -2.17. The minimum atomic E-state index is -0.944. The van der Waals surface area contributed by atoms with Gasteiger partial charge in [0.05, 0.1) is 5.60 Å². The van der Waals surface area contributed by atoms with Gasteiger partial charge in [0.1, 0.15) is 0 Å². The van der Waals surface area contributed by atoms with Gasteiger partial charge in [-0.1, -0.05) is 12.1 Å². The second-order valence-corrected chi connectivity index (χ2v) is 4.81. The van der Waals surface area contributed by atoms with Gasteiger partial charge < -0.3 is 10.4 Å². The lowest BCUT2D eigenvalue weighted by Crippen LogP contribution is -2.38. The number of hydrogen-bond acceptors (Lipinski definition) is 5. The van der Waals surface area contributed by atoms with Crippen molar-refractivity contribution in [3.05, 3.63) is 29.8 Å². The standard InChI is InChI=1S/C12H15N5O2/c1-12(2,19)7-13-11(18)9-5-3-4-8(6-9)10-14-16-17-15-10/h3-6,19H,7H2,1-2H3,(H,13,18)(H,14,15,16,17). The van der Waals surface area contributed by atoms with E-state index in [-0.39, 0.29) is 12.5 Å². The Balaban J connectivity index is 2.13. The van der Waals surface area contributed by atoms with Gasteiger partial charge in [0.2, 0.25) is 5.82 Å². The van der Waals surface area contributed by atoms with Gasteiger partial charge in [-0.15, -0.1) is 10.2 Å². The SMILES string of the molecule is CC(C)(O)CNC(=O)c1cccc(-c2nn[nH]n2)c1. The molecule has 0 saturated heterocycles. The van der Waals surface area contributed by atoms with Gasteiger partial charge in [-0.3, -0.25) is 4.79 Å². The number of aliphatic hydroxyl groups is 1. The summed E-state index contributed by atoms with van der Waals surface area (Å²) in [5, 5.41) is 25.8. The molecule has 0 bridgehead atoms. The second kappa shape index (κ2) is 5.15. The van der Waals surface area contributed by atoms with Gasteiger partial charge in [-0.2, -0.15) is 5.21 Å². The van der Waals surface area contributed by atoms with Crippen molar-refractivity contribution in [2.45, 2.75) is 19.4 Å². The molecular weight excluding hydrogens is 246 g/mol. The minimum Gasteiger partial charge on any atom is -0.389 e. The fourth-order valence-corrected chi connectivity index (χ4v) is 1.48. The molecule has 2 aromatic rings. The molecule has 0 saturated carbocycles. The van der Waals surface area contributed by atoms with Crippen LogP contribution in [0.3, 0.4) is 0 Å². The number of amides is 1. The second-order valence-electron chi connectivity index (χ2n) is 4.81. The van der Waals surface area contributed by atoms with E-state index in [9.17, 15) is 9.90 Å². The molecule has 0 aliphatic carbocycles. The maximum atomic E-state index is 11.9. The van der Waals surface area contributed by atoms with Gasteiger partial charge in [-0.25, -0.2) is 0 Å². The Bertz CT molecular complexity index is 560. The summed E-state index contributed by atoms with van der Waals surface area (Å²) in [5.41, 5.74) is 0.234. The first-order chi connectivity index (χ1) is 8.96. The topological polar surface area (TPSA) is 104 Å². The monoisotopic (exact) mass is 261 g/mol. The number of nitrogens with one attached hydrogen (secondary N) is 2. The molecule has 1 heterocycles. The Morgan fingerprint density at radius 2 is 2.26 bits per heavy atom. The average Bonchev–Trinajstić information content (AvgIpc) is 2.89. The van der Waals surface area contributed by atoms with Crippen molar-refractivity contribution in [1.82, 2.24) is 25.9 Å². The highest BCUT2D eigenvalue weighted by Crippen LogP contribution is 2.14. The van der Waals surface area contributed by atoms with Crippen LogP contribution in [0.15, 0.2) is 24.3 Å². The van der Waals surface area contributed by atoms with Crippen molar-refractivity contribution < 1.29 is 9.90 Å². The number of carbonyl (C=O) groups is 1. The van der Waals surface area contributed by atoms with Crippen LogP contribution in [0.4, 0.5) is 0 Å². The van der Waals surface area contributed by atoms with Crippen molar-refractivity contribution in [2.75, 3.05) is 6.54 Å². The third-order valence-electron chi connectivity index (χ3n) is 2.41. The molecule has 7 heteroatoms. The number of rotatable bonds is 4. The normalized spacial score (nSPS) is 11.3. The van der Waals surface area contributed by atoms with Crippen molar-refractivity contribution in [3.63, 3.8) is 0 Å². The summed E-state index contributed by atoms with van der Waals surface area (Å²) in [4.78, 5) is 11.9. The summed E-state index contributed by atoms with van der Waals surface area (Å²) in [6.45, 7) is 3.43. The number of aromatic nitrogens is 4. The van der Waals surface area contributed by atoms with Crippen molar-refractivity contribution >= 4 is 5.91 Å². The molecule has 0 fully saturated rings. The highest BCUT2D eigenvalue weighted by atomic mass is 16.3. The van der Waals surface area contributed by atoms with E-state index in [0.29, 0.717) is 17.0 Å². The molecule has 1 aromatic heterocycles. The van der Waals surface area contributed by atoms with E-state index >= 15 is 0 Å². The van der Waals surface area contributed by atoms with Gasteiger partial charge in [0, 0.05) is 17.7 Å². The Hall–Kier alpha value is -2.28. The molecule has 7 nitrogen and oxygen atoms in total. The van der Waals surface area contributed by atoms with Crippen LogP contribution in [0.5, 0.6) is 0 Å². The van der Waals surface area contributed by atoms with Crippen LogP contribution < -0.4 is 5.32 Å². The molecule has 0 atom stereocenters. The number of tetrazole rings is 1. The molecule has 1 aromatic carbocycles. The third kappa shape index (κ3) is 3.59. The van der Waals surface area contributed by atoms with E-state index in [1.807, 2.05) is 0 Å². The maximum absolute atomic E-state index is 11.9. The van der Waals surface area contributed by atoms with E-state index in [1.54, 1.807) is 38.1 Å². The molecule has 100 valence electrons. The Morgan fingerprint density at radius 3 is 2.89 bits per heavy atom. The van der Waals surface area contributed by atoms with Gasteiger partial charge >= 0.3 is 0 Å². The molecule has 19 heavy (non-hydrogen) atoms. The zero-order valence-corrected chi connectivity index (χ0v) is 10.7. The smallest absolute Gasteiger partial charge is 0.251 e. The summed E-state index contributed by atoms with van der Waals surface area (Å²) in [6, 6.07) is 6.89. The zero-order valence-electron chi connectivity index (χ0n) is 10.7. The van der Waals surface area contributed by atoms with E-state index in [1.165, 1.54) is 0 Å². The summed E-state index contributed by atoms with van der Waals surface area (Å²) in [7, 11) is 0. The summed E-state index contributed by atoms with van der Waals surface area (Å²) < 4.78 is 0. The molecule has 0 aliphatic heterocycles. The molecule has 1 amide bonds. The average molecular weight is 261 g/mol. The number of nitrogens with zero attached hydrogens (tertiary/aromatic N) is 3. The highest BCUT2D eigenvalue weighted by molar-refractivity contribution is 5.95. The molecule has 3 N–H and O–H groups in total. The van der Waals surface area contributed by atoms with Crippen molar-refractivity contribution in [1.29, 1.82) is 0 Å². The van der Waals surface area contributed by atoms with E-state index < -0.39 is 5.60 Å². The van der Waals surface area contributed by atoms with E-state index in [2.05, 4.69) is 25.9 Å². The fourth-order valence-electron chi connectivity index (χ4n) is 1.48. The van der Waals surface area contributed by atoms with Crippen molar-refractivity contribution in [3.8, 4) is 11.4 Å². The third-order valence-corrected chi connectivity index (χ3v) is 2.41. The van der Waals surface area contributed by atoms with E-state index in [0.717, 1.165) is 0 Å². The van der Waals surface area contributed by atoms with E-state index in [4.69, 9.17) is 0 Å². The molecular formula is C12H15N5O2. The summed E-state index contributed by atoms with van der Waals surface area (Å²) >= 11 is 0. The zero-order chi connectivity index (χ0) is 13.9. The predicted molar refractivity (Wildman–Crippen MR) is 68.2 cm³/mol. The molecule has 2 rings (SSSR count). The Morgan fingerprint density at radius 1 is 1.47 bits per heavy atom. The number of aromatic amines is 1. The van der Waals surface area contributed by atoms with Crippen LogP contribution >= 0.6 is 0 Å². The fraction of sp³-hybridized carbons (Fsp3) is 0.333. The first-order valence-electron chi connectivity index (χ1n) is 5.80. The molecule has 0 unspecified atom stereocenters. The molecule has 0 radical (unpaired) electrons. The Labute approximate surface area is 110 Å². The first-order valence-corrected chi connectivity index (χ1v) is 5.80. The van der Waals surface area contributed by atoms with Crippen LogP contribution in [0.2, 0.25) is 0 Å². The van der Waals surface area contributed by atoms with Gasteiger partial charge in [0.25, 0.3) is 5.91 Å².